The molecule has 0 unspecified atom stereocenters. The Bertz CT molecular complexity index is 542. The maximum atomic E-state index is 10.6. The zero-order valence-corrected chi connectivity index (χ0v) is 10.2. The summed E-state index contributed by atoms with van der Waals surface area (Å²) in [7, 11) is 0. The van der Waals surface area contributed by atoms with E-state index in [4.69, 9.17) is 10.5 Å². The minimum atomic E-state index is -0.455. The Morgan fingerprint density at radius 3 is 2.94 bits per heavy atom. The number of hydrogen-bond donors (Lipinski definition) is 1. The van der Waals surface area contributed by atoms with Gasteiger partial charge in [-0.05, 0) is 6.07 Å². The number of nitrogens with two attached hydrogens (primary N) is 1. The Labute approximate surface area is 107 Å². The number of ether oxygens (including phenoxy) is 1. The maximum absolute atomic E-state index is 10.6. The molecule has 0 atom stereocenters. The van der Waals surface area contributed by atoms with Crippen LogP contribution in [0.5, 0.6) is 5.75 Å². The number of thiazole rings is 1. The normalized spacial score (nSPS) is 10.3. The standard InChI is InChI=1S/C11H11N3O3S/c12-4-8-3-10(14(15)16)1-2-11(8)17-5-9-6-18-7-13-9/h1-3,6-7H,4-5,12H2. The molecule has 2 N–H and O–H groups in total. The van der Waals surface area contributed by atoms with Gasteiger partial charge < -0.3 is 10.5 Å². The number of nitro groups is 1. The molecule has 6 nitrogen and oxygen atoms in total. The molecule has 1 aromatic carbocycles. The third-order valence-electron chi connectivity index (χ3n) is 2.33. The molecule has 0 radical (unpaired) electrons. The van der Waals surface area contributed by atoms with Crippen molar-refractivity contribution in [2.24, 2.45) is 5.73 Å². The number of non-ortho nitro benzene ring substituents is 1. The molecule has 94 valence electrons. The second-order valence-electron chi connectivity index (χ2n) is 3.52. The van der Waals surface area contributed by atoms with Crippen LogP contribution in [0.1, 0.15) is 11.3 Å². The Morgan fingerprint density at radius 2 is 2.33 bits per heavy atom. The Morgan fingerprint density at radius 1 is 1.50 bits per heavy atom. The minimum absolute atomic E-state index is 0.0106. The summed E-state index contributed by atoms with van der Waals surface area (Å²) in [6, 6.07) is 4.39. The van der Waals surface area contributed by atoms with Gasteiger partial charge in [-0.2, -0.15) is 0 Å². The smallest absolute Gasteiger partial charge is 0.270 e. The first-order valence-corrected chi connectivity index (χ1v) is 6.12. The lowest BCUT2D eigenvalue weighted by Crippen LogP contribution is -2.03. The first-order chi connectivity index (χ1) is 8.70. The lowest BCUT2D eigenvalue weighted by atomic mass is 10.2. The molecule has 0 aliphatic carbocycles. The maximum Gasteiger partial charge on any atom is 0.270 e. The van der Waals surface area contributed by atoms with Gasteiger partial charge in [0.2, 0.25) is 0 Å². The van der Waals surface area contributed by atoms with Crippen LogP contribution in [0.2, 0.25) is 0 Å². The van der Waals surface area contributed by atoms with Crippen LogP contribution in [0.25, 0.3) is 0 Å². The zero-order chi connectivity index (χ0) is 13.0. The molecular weight excluding hydrogens is 254 g/mol. The molecule has 0 aliphatic rings. The molecule has 0 saturated heterocycles. The van der Waals surface area contributed by atoms with Crippen molar-refractivity contribution in [1.82, 2.24) is 4.98 Å². The third kappa shape index (κ3) is 2.82. The van der Waals surface area contributed by atoms with Gasteiger partial charge in [0.05, 0.1) is 16.1 Å². The number of aromatic nitrogens is 1. The fraction of sp³-hybridized carbons (Fsp3) is 0.182. The summed E-state index contributed by atoms with van der Waals surface area (Å²) in [6.07, 6.45) is 0. The van der Waals surface area contributed by atoms with Gasteiger partial charge >= 0.3 is 0 Å². The van der Waals surface area contributed by atoms with E-state index in [9.17, 15) is 10.1 Å². The van der Waals surface area contributed by atoms with E-state index in [1.165, 1.54) is 23.5 Å². The summed E-state index contributed by atoms with van der Waals surface area (Å²) in [5, 5.41) is 12.5. The quantitative estimate of drug-likeness (QED) is 0.660. The van der Waals surface area contributed by atoms with Crippen LogP contribution in [-0.2, 0) is 13.2 Å². The van der Waals surface area contributed by atoms with Crippen molar-refractivity contribution in [1.29, 1.82) is 0 Å². The predicted octanol–water partition coefficient (Wildman–Crippen LogP) is 2.09. The fourth-order valence-electron chi connectivity index (χ4n) is 1.44. The van der Waals surface area contributed by atoms with Crippen molar-refractivity contribution >= 4 is 17.0 Å². The highest BCUT2D eigenvalue weighted by molar-refractivity contribution is 7.07. The molecule has 0 aliphatic heterocycles. The average molecular weight is 265 g/mol. The van der Waals surface area contributed by atoms with E-state index >= 15 is 0 Å². The molecule has 18 heavy (non-hydrogen) atoms. The molecule has 2 rings (SSSR count). The summed E-state index contributed by atoms with van der Waals surface area (Å²) in [6.45, 7) is 0.516. The van der Waals surface area contributed by atoms with Crippen LogP contribution in [0.4, 0.5) is 5.69 Å². The molecule has 1 heterocycles. The summed E-state index contributed by atoms with van der Waals surface area (Å²) < 4.78 is 5.55. The van der Waals surface area contributed by atoms with Crippen LogP contribution in [0, 0.1) is 10.1 Å². The average Bonchev–Trinajstić information content (AvgIpc) is 2.89. The van der Waals surface area contributed by atoms with E-state index in [-0.39, 0.29) is 12.2 Å². The van der Waals surface area contributed by atoms with Crippen molar-refractivity contribution in [3.63, 3.8) is 0 Å². The van der Waals surface area contributed by atoms with Crippen molar-refractivity contribution in [3.05, 3.63) is 50.5 Å². The SMILES string of the molecule is NCc1cc([N+](=O)[O-])ccc1OCc1cscn1. The van der Waals surface area contributed by atoms with Crippen molar-refractivity contribution in [2.45, 2.75) is 13.2 Å². The Balaban J connectivity index is 2.14. The highest BCUT2D eigenvalue weighted by Gasteiger charge is 2.11. The van der Waals surface area contributed by atoms with Crippen molar-refractivity contribution < 1.29 is 9.66 Å². The highest BCUT2D eigenvalue weighted by Crippen LogP contribution is 2.24. The van der Waals surface area contributed by atoms with Crippen molar-refractivity contribution in [3.8, 4) is 5.75 Å². The Hall–Kier alpha value is -1.99. The molecular formula is C11H11N3O3S. The lowest BCUT2D eigenvalue weighted by Gasteiger charge is -2.08. The number of rotatable bonds is 5. The number of nitrogens with zero attached hydrogens (tertiary/aromatic N) is 2. The molecule has 0 spiro atoms. The van der Waals surface area contributed by atoms with Crippen LogP contribution >= 0.6 is 11.3 Å². The van der Waals surface area contributed by atoms with E-state index in [0.717, 1.165) is 5.69 Å². The van der Waals surface area contributed by atoms with Crippen LogP contribution in [0.3, 0.4) is 0 Å². The summed E-state index contributed by atoms with van der Waals surface area (Å²) in [5.41, 5.74) is 8.71. The molecule has 7 heteroatoms. The molecule has 0 saturated carbocycles. The van der Waals surface area contributed by atoms with Gasteiger partial charge in [-0.1, -0.05) is 0 Å². The summed E-state index contributed by atoms with van der Waals surface area (Å²) >= 11 is 1.49. The van der Waals surface area contributed by atoms with Crippen molar-refractivity contribution in [2.75, 3.05) is 0 Å². The van der Waals surface area contributed by atoms with E-state index in [0.29, 0.717) is 17.9 Å². The van der Waals surface area contributed by atoms with Crippen LogP contribution in [-0.4, -0.2) is 9.91 Å². The van der Waals surface area contributed by atoms with Gasteiger partial charge in [0.15, 0.2) is 0 Å². The third-order valence-corrected chi connectivity index (χ3v) is 2.97. The summed E-state index contributed by atoms with van der Waals surface area (Å²) in [5.74, 6) is 0.552. The van der Waals surface area contributed by atoms with E-state index in [1.807, 2.05) is 5.38 Å². The van der Waals surface area contributed by atoms with Crippen LogP contribution in [0.15, 0.2) is 29.1 Å². The molecule has 1 aromatic heterocycles. The Kier molecular flexibility index (Phi) is 3.85. The first-order valence-electron chi connectivity index (χ1n) is 5.18. The molecule has 0 bridgehead atoms. The highest BCUT2D eigenvalue weighted by atomic mass is 32.1. The first kappa shape index (κ1) is 12.5. The topological polar surface area (TPSA) is 91.3 Å². The second-order valence-corrected chi connectivity index (χ2v) is 4.24. The predicted molar refractivity (Wildman–Crippen MR) is 67.4 cm³/mol. The lowest BCUT2D eigenvalue weighted by molar-refractivity contribution is -0.384. The zero-order valence-electron chi connectivity index (χ0n) is 9.41. The van der Waals surface area contributed by atoms with Gasteiger partial charge in [-0.3, -0.25) is 10.1 Å². The number of nitro benzene ring substituents is 1. The van der Waals surface area contributed by atoms with Gasteiger partial charge in [0.25, 0.3) is 5.69 Å². The number of hydrogen-bond acceptors (Lipinski definition) is 6. The minimum Gasteiger partial charge on any atom is -0.487 e. The molecule has 0 amide bonds. The van der Waals surface area contributed by atoms with Gasteiger partial charge in [-0.15, -0.1) is 11.3 Å². The van der Waals surface area contributed by atoms with E-state index in [2.05, 4.69) is 4.98 Å². The summed E-state index contributed by atoms with van der Waals surface area (Å²) in [4.78, 5) is 14.3. The van der Waals surface area contributed by atoms with E-state index < -0.39 is 4.92 Å². The molecule has 2 aromatic rings. The molecule has 0 fully saturated rings. The monoisotopic (exact) mass is 265 g/mol. The van der Waals surface area contributed by atoms with Gasteiger partial charge in [-0.25, -0.2) is 4.98 Å². The number of benzene rings is 1. The largest absolute Gasteiger partial charge is 0.487 e. The van der Waals surface area contributed by atoms with Gasteiger partial charge in [0.1, 0.15) is 12.4 Å². The van der Waals surface area contributed by atoms with Crippen LogP contribution < -0.4 is 10.5 Å². The van der Waals surface area contributed by atoms with Gasteiger partial charge in [0, 0.05) is 29.6 Å². The van der Waals surface area contributed by atoms with E-state index in [1.54, 1.807) is 11.6 Å². The second kappa shape index (κ2) is 5.56. The fourth-order valence-corrected chi connectivity index (χ4v) is 1.98.